The summed E-state index contributed by atoms with van der Waals surface area (Å²) in [6, 6.07) is 5.31. The number of fused-ring (bicyclic) bond motifs is 6. The number of carbonyl (C=O) groups excluding carboxylic acids is 1. The highest BCUT2D eigenvalue weighted by Crippen LogP contribution is 2.67. The highest BCUT2D eigenvalue weighted by molar-refractivity contribution is 5.90. The highest BCUT2D eigenvalue weighted by Gasteiger charge is 2.59. The Kier molecular flexibility index (Phi) is 14.1. The van der Waals surface area contributed by atoms with E-state index in [0.29, 0.717) is 88.5 Å². The van der Waals surface area contributed by atoms with Crippen LogP contribution >= 0.6 is 0 Å². The van der Waals surface area contributed by atoms with E-state index in [1.807, 2.05) is 0 Å². The minimum absolute atomic E-state index is 0.108. The molecule has 8 nitrogen and oxygen atoms in total. The third-order valence-corrected chi connectivity index (χ3v) is 13.8. The second-order valence-electron chi connectivity index (χ2n) is 17.4. The van der Waals surface area contributed by atoms with Crippen LogP contribution in [-0.4, -0.2) is 78.1 Å². The van der Waals surface area contributed by atoms with Gasteiger partial charge in [-0.15, -0.1) is 0 Å². The molecule has 0 radical (unpaired) electrons. The van der Waals surface area contributed by atoms with E-state index < -0.39 is 0 Å². The number of hydrogen-bond acceptors (Lipinski definition) is 8. The van der Waals surface area contributed by atoms with Crippen LogP contribution in [0.3, 0.4) is 0 Å². The lowest BCUT2D eigenvalue weighted by Gasteiger charge is -2.58. The summed E-state index contributed by atoms with van der Waals surface area (Å²) in [6.45, 7) is 17.0. The molecule has 1 aromatic carbocycles. The first-order chi connectivity index (χ1) is 25.2. The first-order valence-corrected chi connectivity index (χ1v) is 20.8. The van der Waals surface area contributed by atoms with E-state index in [0.717, 1.165) is 54.8 Å². The number of hydrogen-bond donors (Lipinski definition) is 0. The monoisotopic (exact) mass is 724 g/mol. The Labute approximate surface area is 314 Å². The van der Waals surface area contributed by atoms with Crippen molar-refractivity contribution in [2.45, 2.75) is 111 Å². The second kappa shape index (κ2) is 18.5. The minimum Gasteiger partial charge on any atom is -0.487 e. The van der Waals surface area contributed by atoms with Gasteiger partial charge in [-0.3, -0.25) is 0 Å². The van der Waals surface area contributed by atoms with Gasteiger partial charge in [0.1, 0.15) is 19.3 Å². The molecular weight excluding hydrogens is 656 g/mol. The van der Waals surface area contributed by atoms with Gasteiger partial charge in [0.05, 0.1) is 58.4 Å². The normalized spacial score (nSPS) is 34.1. The predicted octanol–water partition coefficient (Wildman–Crippen LogP) is 9.09. The second-order valence-corrected chi connectivity index (χ2v) is 17.4. The average Bonchev–Trinajstić information content (AvgIpc) is 3.48. The van der Waals surface area contributed by atoms with E-state index in [1.54, 1.807) is 18.2 Å². The molecule has 8 atom stereocenters. The Hall–Kier alpha value is -2.13. The van der Waals surface area contributed by atoms with Gasteiger partial charge in [0.2, 0.25) is 0 Å². The van der Waals surface area contributed by atoms with Crippen LogP contribution in [0, 0.1) is 46.3 Å². The number of ether oxygens (including phenoxy) is 7. The van der Waals surface area contributed by atoms with Crippen LogP contribution in [0.25, 0.3) is 0 Å². The van der Waals surface area contributed by atoms with Crippen molar-refractivity contribution in [3.05, 3.63) is 35.4 Å². The number of benzene rings is 1. The summed E-state index contributed by atoms with van der Waals surface area (Å²) in [5.74, 6) is 5.66. The first kappa shape index (κ1) is 39.6. The van der Waals surface area contributed by atoms with Gasteiger partial charge in [-0.25, -0.2) is 4.79 Å². The van der Waals surface area contributed by atoms with Crippen molar-refractivity contribution in [1.82, 2.24) is 0 Å². The zero-order valence-corrected chi connectivity index (χ0v) is 33.0. The third kappa shape index (κ3) is 9.38. The first-order valence-electron chi connectivity index (χ1n) is 20.8. The van der Waals surface area contributed by atoms with E-state index in [4.69, 9.17) is 33.2 Å². The van der Waals surface area contributed by atoms with Crippen LogP contribution in [0.5, 0.6) is 11.5 Å². The van der Waals surface area contributed by atoms with Gasteiger partial charge in [-0.05, 0) is 109 Å². The summed E-state index contributed by atoms with van der Waals surface area (Å²) >= 11 is 0. The van der Waals surface area contributed by atoms with Crippen molar-refractivity contribution in [3.63, 3.8) is 0 Å². The van der Waals surface area contributed by atoms with Crippen LogP contribution < -0.4 is 9.47 Å². The predicted molar refractivity (Wildman–Crippen MR) is 203 cm³/mol. The zero-order valence-electron chi connectivity index (χ0n) is 33.0. The lowest BCUT2D eigenvalue weighted by molar-refractivity contribution is -0.0594. The fourth-order valence-electron chi connectivity index (χ4n) is 11.0. The number of carbonyl (C=O) groups is 1. The Morgan fingerprint density at radius 3 is 2.10 bits per heavy atom. The SMILES string of the molecule is CC(C)CCC[C@@H](C)[C@H]1CC[C@H]2[C@@H]3CC=C4C[C@@H](OC(=O)c5ccc6c(c5)OCCOCCOCCOCCOCCO6)CC[C@]4(C)[C@H]3CC[C@]12C. The molecule has 8 heteroatoms. The molecule has 0 spiro atoms. The van der Waals surface area contributed by atoms with Crippen molar-refractivity contribution < 1.29 is 38.0 Å². The topological polar surface area (TPSA) is 81.7 Å². The van der Waals surface area contributed by atoms with Crippen molar-refractivity contribution in [1.29, 1.82) is 0 Å². The molecule has 0 saturated heterocycles. The van der Waals surface area contributed by atoms with Gasteiger partial charge >= 0.3 is 5.97 Å². The average molecular weight is 725 g/mol. The van der Waals surface area contributed by atoms with Crippen LogP contribution in [-0.2, 0) is 23.7 Å². The highest BCUT2D eigenvalue weighted by atomic mass is 16.6. The van der Waals surface area contributed by atoms with Crippen LogP contribution in [0.15, 0.2) is 29.8 Å². The fraction of sp³-hybridized carbons (Fsp3) is 0.795. The van der Waals surface area contributed by atoms with Crippen molar-refractivity contribution in [2.24, 2.45) is 46.3 Å². The maximum absolute atomic E-state index is 13.6. The van der Waals surface area contributed by atoms with Crippen LogP contribution in [0.4, 0.5) is 0 Å². The quantitative estimate of drug-likeness (QED) is 0.204. The molecule has 292 valence electrons. The van der Waals surface area contributed by atoms with Crippen molar-refractivity contribution in [2.75, 3.05) is 66.1 Å². The molecular formula is C44H68O8. The summed E-state index contributed by atoms with van der Waals surface area (Å²) in [6.07, 6.45) is 16.2. The summed E-state index contributed by atoms with van der Waals surface area (Å²) in [7, 11) is 0. The number of allylic oxidation sites excluding steroid dienone is 1. The fourth-order valence-corrected chi connectivity index (χ4v) is 11.0. The van der Waals surface area contributed by atoms with E-state index >= 15 is 0 Å². The summed E-state index contributed by atoms with van der Waals surface area (Å²) < 4.78 is 40.7. The van der Waals surface area contributed by atoms with Crippen LogP contribution in [0.1, 0.15) is 116 Å². The van der Waals surface area contributed by atoms with Gasteiger partial charge in [0.15, 0.2) is 11.5 Å². The Morgan fingerprint density at radius 2 is 1.42 bits per heavy atom. The van der Waals surface area contributed by atoms with E-state index in [2.05, 4.69) is 40.7 Å². The summed E-state index contributed by atoms with van der Waals surface area (Å²) in [5.41, 5.74) is 2.72. The molecule has 0 aromatic heterocycles. The van der Waals surface area contributed by atoms with Gasteiger partial charge in [-0.1, -0.05) is 65.5 Å². The molecule has 0 bridgehead atoms. The van der Waals surface area contributed by atoms with E-state index in [1.165, 1.54) is 56.9 Å². The molecule has 3 fully saturated rings. The molecule has 1 heterocycles. The van der Waals surface area contributed by atoms with Crippen LogP contribution in [0.2, 0.25) is 0 Å². The number of rotatable bonds is 7. The molecule has 0 N–H and O–H groups in total. The Balaban J connectivity index is 1.06. The molecule has 52 heavy (non-hydrogen) atoms. The molecule has 6 rings (SSSR count). The molecule has 0 unspecified atom stereocenters. The maximum Gasteiger partial charge on any atom is 0.338 e. The van der Waals surface area contributed by atoms with E-state index in [9.17, 15) is 4.79 Å². The molecule has 1 aliphatic heterocycles. The molecule has 3 saturated carbocycles. The molecule has 0 amide bonds. The summed E-state index contributed by atoms with van der Waals surface area (Å²) in [5, 5.41) is 0. The maximum atomic E-state index is 13.6. The summed E-state index contributed by atoms with van der Waals surface area (Å²) in [4.78, 5) is 13.6. The van der Waals surface area contributed by atoms with Gasteiger partial charge in [0, 0.05) is 6.42 Å². The van der Waals surface area contributed by atoms with Gasteiger partial charge in [0.25, 0.3) is 0 Å². The van der Waals surface area contributed by atoms with E-state index in [-0.39, 0.29) is 17.5 Å². The molecule has 1 aromatic rings. The van der Waals surface area contributed by atoms with Crippen molar-refractivity contribution >= 4 is 5.97 Å². The van der Waals surface area contributed by atoms with Crippen molar-refractivity contribution in [3.8, 4) is 11.5 Å². The zero-order chi connectivity index (χ0) is 36.6. The number of esters is 1. The standard InChI is InChI=1S/C44H68O8/c1-31(2)7-6-8-32(3)37-12-13-38-36-11-10-34-30-35(15-17-43(34,4)39(36)16-18-44(37,38)5)52-42(45)33-9-14-40-41(29-33)51-28-26-49-24-22-47-20-19-46-21-23-48-25-27-50-40/h9-10,14,29,31-32,35-39H,6-8,11-13,15-28,30H2,1-5H3/t32-,35+,36+,37-,38+,39+,43+,44-/m1/s1. The Morgan fingerprint density at radius 1 is 0.769 bits per heavy atom. The minimum atomic E-state index is -0.307. The largest absolute Gasteiger partial charge is 0.487 e. The Bertz CT molecular complexity index is 1330. The lowest BCUT2D eigenvalue weighted by atomic mass is 9.47. The molecule has 4 aliphatic carbocycles. The smallest absolute Gasteiger partial charge is 0.338 e. The third-order valence-electron chi connectivity index (χ3n) is 13.8. The van der Waals surface area contributed by atoms with Gasteiger partial charge < -0.3 is 33.2 Å². The van der Waals surface area contributed by atoms with Gasteiger partial charge in [-0.2, -0.15) is 0 Å². The lowest BCUT2D eigenvalue weighted by Crippen LogP contribution is -2.51. The molecule has 5 aliphatic rings.